The number of cyclic esters (lactones) is 1. The highest BCUT2D eigenvalue weighted by molar-refractivity contribution is 5.87. The van der Waals surface area contributed by atoms with Crippen LogP contribution in [-0.2, 0) is 23.7 Å². The third-order valence-corrected chi connectivity index (χ3v) is 9.44. The molecule has 4 N–H and O–H groups in total. The van der Waals surface area contributed by atoms with Crippen LogP contribution in [0.1, 0.15) is 75.2 Å². The largest absolute Gasteiger partial charge is 0.512 e. The molecule has 2 rings (SSSR count). The monoisotopic (exact) mass is 658 g/mol. The number of carbonyl (C=O) groups excluding carboxylic acids is 1. The Hall–Kier alpha value is -2.95. The molecule has 2 heterocycles. The Balaban J connectivity index is 2.56. The Morgan fingerprint density at radius 1 is 1.15 bits per heavy atom. The quantitative estimate of drug-likeness (QED) is 0.173. The van der Waals surface area contributed by atoms with Crippen molar-refractivity contribution in [2.45, 2.75) is 111 Å². The van der Waals surface area contributed by atoms with Crippen LogP contribution in [0.4, 0.5) is 0 Å². The van der Waals surface area contributed by atoms with Gasteiger partial charge in [-0.25, -0.2) is 4.79 Å². The predicted molar refractivity (Wildman–Crippen MR) is 184 cm³/mol. The third-order valence-electron chi connectivity index (χ3n) is 9.44. The summed E-state index contributed by atoms with van der Waals surface area (Å²) in [6, 6.07) is 0. The van der Waals surface area contributed by atoms with Crippen molar-refractivity contribution in [1.82, 2.24) is 0 Å². The number of rotatable bonds is 8. The predicted octanol–water partition coefficient (Wildman–Crippen LogP) is 6.39. The molecule has 0 amide bonds. The maximum absolute atomic E-state index is 13.6. The van der Waals surface area contributed by atoms with Crippen molar-refractivity contribution < 1.29 is 44.2 Å². The van der Waals surface area contributed by atoms with Gasteiger partial charge in [-0.3, -0.25) is 0 Å². The molecule has 2 aliphatic heterocycles. The summed E-state index contributed by atoms with van der Waals surface area (Å²) in [5.41, 5.74) is 3.19. The van der Waals surface area contributed by atoms with Gasteiger partial charge in [0.15, 0.2) is 5.79 Å². The number of methoxy groups -OCH3 is 2. The molecule has 2 aliphatic rings. The molecular formula is C38H58O9. The summed E-state index contributed by atoms with van der Waals surface area (Å²) >= 11 is 0. The van der Waals surface area contributed by atoms with Gasteiger partial charge >= 0.3 is 5.97 Å². The van der Waals surface area contributed by atoms with E-state index in [1.54, 1.807) is 39.0 Å². The van der Waals surface area contributed by atoms with Gasteiger partial charge < -0.3 is 39.4 Å². The summed E-state index contributed by atoms with van der Waals surface area (Å²) in [6.07, 6.45) is 10.4. The molecule has 47 heavy (non-hydrogen) atoms. The van der Waals surface area contributed by atoms with Crippen molar-refractivity contribution in [3.63, 3.8) is 0 Å². The van der Waals surface area contributed by atoms with E-state index < -0.39 is 54.1 Å². The highest BCUT2D eigenvalue weighted by Crippen LogP contribution is 2.41. The van der Waals surface area contributed by atoms with Crippen molar-refractivity contribution in [2.24, 2.45) is 23.7 Å². The SMILES string of the molecule is C/C=C/C=C(\C)C1OC(O)(C(C)C(O)C(C)C2OC(=O)/C(OC)=C/C(C)=C\C(C)=C(/O)C(C)C/C(C)=C/C=C/C2OC)CC(O)C1C. The van der Waals surface area contributed by atoms with E-state index in [9.17, 15) is 25.2 Å². The number of allylic oxidation sites excluding steroid dienone is 11. The lowest BCUT2D eigenvalue weighted by molar-refractivity contribution is -0.315. The van der Waals surface area contributed by atoms with Crippen LogP contribution in [-0.4, -0.2) is 76.9 Å². The summed E-state index contributed by atoms with van der Waals surface area (Å²) in [5.74, 6) is -4.54. The Kier molecular flexibility index (Phi) is 15.4. The molecule has 9 nitrogen and oxygen atoms in total. The van der Waals surface area contributed by atoms with Gasteiger partial charge in [0.1, 0.15) is 12.2 Å². The standard InChI is InChI=1S/C38H58O9/c1-12-13-16-24(4)35-27(7)30(39)21-38(43,47-35)29(9)34(41)28(8)36-31(44-10)17-14-15-22(2)18-25(5)33(40)26(6)19-23(3)20-32(45-11)37(42)46-36/h12-17,19-20,25,27-31,34-36,39-41,43H,18,21H2,1-11H3/b13-12+,17-14+,22-15+,23-19-,24-16+,32-20-,33-26-. The minimum atomic E-state index is -1.87. The zero-order chi connectivity index (χ0) is 35.6. The molecular weight excluding hydrogens is 600 g/mol. The fourth-order valence-electron chi connectivity index (χ4n) is 6.33. The number of esters is 1. The normalized spacial score (nSPS) is 38.2. The molecule has 10 unspecified atom stereocenters. The molecule has 0 bridgehead atoms. The van der Waals surface area contributed by atoms with E-state index in [4.69, 9.17) is 18.9 Å². The first kappa shape index (κ1) is 40.2. The highest BCUT2D eigenvalue weighted by atomic mass is 16.6. The van der Waals surface area contributed by atoms with E-state index in [0.717, 1.165) is 11.1 Å². The van der Waals surface area contributed by atoms with Crippen LogP contribution in [0.5, 0.6) is 0 Å². The van der Waals surface area contributed by atoms with Crippen molar-refractivity contribution in [1.29, 1.82) is 0 Å². The fraction of sp³-hybridized carbons (Fsp3) is 0.605. The number of carbonyl (C=O) groups is 1. The van der Waals surface area contributed by atoms with Gasteiger partial charge in [-0.2, -0.15) is 0 Å². The molecule has 1 fully saturated rings. The first-order valence-corrected chi connectivity index (χ1v) is 16.5. The minimum absolute atomic E-state index is 0.0712. The van der Waals surface area contributed by atoms with E-state index in [2.05, 4.69) is 0 Å². The first-order chi connectivity index (χ1) is 22.0. The molecule has 264 valence electrons. The summed E-state index contributed by atoms with van der Waals surface area (Å²) in [4.78, 5) is 13.6. The molecule has 0 aromatic heterocycles. The molecule has 0 aromatic carbocycles. The lowest BCUT2D eigenvalue weighted by Crippen LogP contribution is -2.58. The molecule has 0 aromatic rings. The van der Waals surface area contributed by atoms with Crippen LogP contribution < -0.4 is 0 Å². The molecule has 0 radical (unpaired) electrons. The smallest absolute Gasteiger partial charge is 0.373 e. The van der Waals surface area contributed by atoms with Gasteiger partial charge in [-0.1, -0.05) is 75.8 Å². The van der Waals surface area contributed by atoms with Crippen LogP contribution >= 0.6 is 0 Å². The number of aliphatic hydroxyl groups is 4. The maximum atomic E-state index is 13.6. The topological polar surface area (TPSA) is 135 Å². The third kappa shape index (κ3) is 10.5. The second-order valence-electron chi connectivity index (χ2n) is 13.3. The summed E-state index contributed by atoms with van der Waals surface area (Å²) in [6.45, 7) is 16.5. The average Bonchev–Trinajstić information content (AvgIpc) is 3.03. The van der Waals surface area contributed by atoms with Crippen molar-refractivity contribution >= 4 is 5.97 Å². The Morgan fingerprint density at radius 3 is 2.40 bits per heavy atom. The molecule has 10 atom stereocenters. The minimum Gasteiger partial charge on any atom is -0.512 e. The van der Waals surface area contributed by atoms with E-state index in [-0.39, 0.29) is 29.8 Å². The zero-order valence-corrected chi connectivity index (χ0v) is 30.1. The van der Waals surface area contributed by atoms with Crippen LogP contribution in [0.2, 0.25) is 0 Å². The van der Waals surface area contributed by atoms with Crippen LogP contribution in [0.3, 0.4) is 0 Å². The Labute approximate surface area is 281 Å². The lowest BCUT2D eigenvalue weighted by Gasteiger charge is -2.48. The Morgan fingerprint density at radius 2 is 1.81 bits per heavy atom. The van der Waals surface area contributed by atoms with Gasteiger partial charge in [-0.05, 0) is 63.8 Å². The van der Waals surface area contributed by atoms with Crippen LogP contribution in [0.25, 0.3) is 0 Å². The number of hydrogen-bond donors (Lipinski definition) is 4. The maximum Gasteiger partial charge on any atom is 0.373 e. The van der Waals surface area contributed by atoms with Crippen LogP contribution in [0.15, 0.2) is 82.4 Å². The van der Waals surface area contributed by atoms with E-state index in [1.165, 1.54) is 20.3 Å². The number of hydrogen-bond acceptors (Lipinski definition) is 9. The molecule has 1 saturated heterocycles. The van der Waals surface area contributed by atoms with Gasteiger partial charge in [0.25, 0.3) is 0 Å². The summed E-state index contributed by atoms with van der Waals surface area (Å²) < 4.78 is 23.5. The molecule has 9 heteroatoms. The second-order valence-corrected chi connectivity index (χ2v) is 13.3. The highest BCUT2D eigenvalue weighted by Gasteiger charge is 2.51. The first-order valence-electron chi connectivity index (χ1n) is 16.5. The second kappa shape index (κ2) is 18.0. The van der Waals surface area contributed by atoms with Gasteiger partial charge in [0.05, 0.1) is 31.2 Å². The van der Waals surface area contributed by atoms with Crippen LogP contribution in [0, 0.1) is 23.7 Å². The molecule has 0 saturated carbocycles. The van der Waals surface area contributed by atoms with E-state index in [0.29, 0.717) is 17.6 Å². The van der Waals surface area contributed by atoms with Crippen molar-refractivity contribution in [3.8, 4) is 0 Å². The summed E-state index contributed by atoms with van der Waals surface area (Å²) in [5, 5.41) is 45.4. The summed E-state index contributed by atoms with van der Waals surface area (Å²) in [7, 11) is 2.85. The number of aliphatic hydroxyl groups excluding tert-OH is 3. The van der Waals surface area contributed by atoms with E-state index in [1.807, 2.05) is 65.8 Å². The number of ether oxygens (including phenoxy) is 4. The van der Waals surface area contributed by atoms with Crippen molar-refractivity contribution in [3.05, 3.63) is 82.4 Å². The van der Waals surface area contributed by atoms with E-state index >= 15 is 0 Å². The van der Waals surface area contributed by atoms with Gasteiger partial charge in [0.2, 0.25) is 5.76 Å². The van der Waals surface area contributed by atoms with Crippen molar-refractivity contribution in [2.75, 3.05) is 14.2 Å². The lowest BCUT2D eigenvalue weighted by atomic mass is 9.76. The van der Waals surface area contributed by atoms with Gasteiger partial charge in [0, 0.05) is 37.2 Å². The van der Waals surface area contributed by atoms with Gasteiger partial charge in [-0.15, -0.1) is 0 Å². The molecule has 0 aliphatic carbocycles. The Bertz CT molecular complexity index is 1290. The fourth-order valence-corrected chi connectivity index (χ4v) is 6.33. The zero-order valence-electron chi connectivity index (χ0n) is 30.1. The molecule has 0 spiro atoms. The average molecular weight is 659 g/mol.